The number of Topliss-reactive ketones (excluding diaryl/α,β-unsaturated/α-hetero) is 1. The molecule has 1 aliphatic rings. The Labute approximate surface area is 156 Å². The molecule has 6 nitrogen and oxygen atoms in total. The van der Waals surface area contributed by atoms with Gasteiger partial charge in [0.1, 0.15) is 11.8 Å². The van der Waals surface area contributed by atoms with Crippen molar-refractivity contribution in [3.8, 4) is 0 Å². The number of ether oxygens (including phenoxy) is 1. The standard InChI is InChI=1S/C19H19ClN2O4/c1-12-11-26-19(15-4-3-5-16(20)8-15)10-21(12)17-7-6-14(13(2)23)9-18(17)22(24)25/h3-9,12,19H,10-11H2,1-2H3. The number of morpholine rings is 1. The van der Waals surface area contributed by atoms with Gasteiger partial charge in [0.25, 0.3) is 5.69 Å². The van der Waals surface area contributed by atoms with Crippen molar-refractivity contribution in [2.24, 2.45) is 0 Å². The molecule has 2 aromatic rings. The molecule has 26 heavy (non-hydrogen) atoms. The van der Waals surface area contributed by atoms with Crippen LogP contribution in [0.4, 0.5) is 11.4 Å². The molecule has 7 heteroatoms. The van der Waals surface area contributed by atoms with Crippen LogP contribution in [0.25, 0.3) is 0 Å². The van der Waals surface area contributed by atoms with Gasteiger partial charge in [-0.3, -0.25) is 14.9 Å². The minimum atomic E-state index is -0.446. The van der Waals surface area contributed by atoms with Crippen molar-refractivity contribution in [2.45, 2.75) is 26.0 Å². The van der Waals surface area contributed by atoms with E-state index in [0.717, 1.165) is 5.56 Å². The van der Waals surface area contributed by atoms with Crippen molar-refractivity contribution in [1.29, 1.82) is 0 Å². The lowest BCUT2D eigenvalue weighted by Gasteiger charge is -2.39. The van der Waals surface area contributed by atoms with Crippen LogP contribution in [0.1, 0.15) is 35.9 Å². The molecular formula is C19H19ClN2O4. The maximum absolute atomic E-state index is 11.6. The highest BCUT2D eigenvalue weighted by atomic mass is 35.5. The molecule has 0 spiro atoms. The molecule has 1 saturated heterocycles. The third kappa shape index (κ3) is 3.71. The third-order valence-electron chi connectivity index (χ3n) is 4.54. The molecule has 0 bridgehead atoms. The molecule has 2 unspecified atom stereocenters. The minimum absolute atomic E-state index is 0.0349. The van der Waals surface area contributed by atoms with Gasteiger partial charge in [-0.2, -0.15) is 0 Å². The number of rotatable bonds is 4. The normalized spacial score (nSPS) is 20.0. The number of anilines is 1. The van der Waals surface area contributed by atoms with Gasteiger partial charge >= 0.3 is 0 Å². The topological polar surface area (TPSA) is 72.7 Å². The molecule has 1 aliphatic heterocycles. The van der Waals surface area contributed by atoms with Crippen LogP contribution in [-0.4, -0.2) is 29.9 Å². The molecule has 2 aromatic carbocycles. The SMILES string of the molecule is CC(=O)c1ccc(N2CC(c3cccc(Cl)c3)OCC2C)c([N+](=O)[O-])c1. The summed E-state index contributed by atoms with van der Waals surface area (Å²) in [6.45, 7) is 4.24. The van der Waals surface area contributed by atoms with E-state index in [1.165, 1.54) is 13.0 Å². The fourth-order valence-electron chi connectivity index (χ4n) is 3.13. The lowest BCUT2D eigenvalue weighted by molar-refractivity contribution is -0.384. The van der Waals surface area contributed by atoms with E-state index in [0.29, 0.717) is 29.4 Å². The van der Waals surface area contributed by atoms with Gasteiger partial charge in [0.2, 0.25) is 0 Å². The number of benzene rings is 2. The van der Waals surface area contributed by atoms with Crippen molar-refractivity contribution < 1.29 is 14.5 Å². The average Bonchev–Trinajstić information content (AvgIpc) is 2.61. The van der Waals surface area contributed by atoms with Crippen molar-refractivity contribution in [3.63, 3.8) is 0 Å². The number of hydrogen-bond acceptors (Lipinski definition) is 5. The average molecular weight is 375 g/mol. The Kier molecular flexibility index (Phi) is 5.25. The van der Waals surface area contributed by atoms with E-state index in [1.807, 2.05) is 30.0 Å². The number of nitrogens with zero attached hydrogens (tertiary/aromatic N) is 2. The van der Waals surface area contributed by atoms with E-state index in [9.17, 15) is 14.9 Å². The van der Waals surface area contributed by atoms with Gasteiger partial charge < -0.3 is 9.64 Å². The van der Waals surface area contributed by atoms with Crippen molar-refractivity contribution in [2.75, 3.05) is 18.1 Å². The summed E-state index contributed by atoms with van der Waals surface area (Å²) in [6, 6.07) is 12.0. The number of ketones is 1. The van der Waals surface area contributed by atoms with E-state index >= 15 is 0 Å². The lowest BCUT2D eigenvalue weighted by atomic mass is 10.0. The van der Waals surface area contributed by atoms with Gasteiger partial charge in [-0.25, -0.2) is 0 Å². The first-order valence-electron chi connectivity index (χ1n) is 8.30. The van der Waals surface area contributed by atoms with Gasteiger partial charge in [0, 0.05) is 29.2 Å². The summed E-state index contributed by atoms with van der Waals surface area (Å²) >= 11 is 6.07. The molecule has 1 fully saturated rings. The Morgan fingerprint density at radius 2 is 2.08 bits per heavy atom. The predicted octanol–water partition coefficient (Wildman–Crippen LogP) is 4.42. The first-order valence-corrected chi connectivity index (χ1v) is 8.67. The van der Waals surface area contributed by atoms with Gasteiger partial charge in [-0.15, -0.1) is 0 Å². The van der Waals surface area contributed by atoms with Crippen molar-refractivity contribution >= 4 is 28.8 Å². The molecule has 2 atom stereocenters. The summed E-state index contributed by atoms with van der Waals surface area (Å²) in [7, 11) is 0. The Morgan fingerprint density at radius 1 is 1.31 bits per heavy atom. The zero-order chi connectivity index (χ0) is 18.8. The highest BCUT2D eigenvalue weighted by Crippen LogP contribution is 2.35. The summed E-state index contributed by atoms with van der Waals surface area (Å²) in [5, 5.41) is 12.2. The highest BCUT2D eigenvalue weighted by Gasteiger charge is 2.31. The molecule has 0 N–H and O–H groups in total. The molecule has 3 rings (SSSR count). The zero-order valence-corrected chi connectivity index (χ0v) is 15.3. The number of carbonyl (C=O) groups is 1. The molecule has 0 amide bonds. The number of nitro groups is 1. The highest BCUT2D eigenvalue weighted by molar-refractivity contribution is 6.30. The Hall–Kier alpha value is -2.44. The van der Waals surface area contributed by atoms with E-state index in [4.69, 9.17) is 16.3 Å². The van der Waals surface area contributed by atoms with Gasteiger partial charge in [0.05, 0.1) is 11.5 Å². The van der Waals surface area contributed by atoms with Crippen LogP contribution in [0.5, 0.6) is 0 Å². The molecule has 136 valence electrons. The maximum atomic E-state index is 11.6. The summed E-state index contributed by atoms with van der Waals surface area (Å²) < 4.78 is 5.92. The molecule has 0 radical (unpaired) electrons. The summed E-state index contributed by atoms with van der Waals surface area (Å²) in [5.41, 5.74) is 1.67. The smallest absolute Gasteiger partial charge is 0.293 e. The van der Waals surface area contributed by atoms with Gasteiger partial charge in [0.15, 0.2) is 5.78 Å². The first kappa shape index (κ1) is 18.4. The number of halogens is 1. The fraction of sp³-hybridized carbons (Fsp3) is 0.316. The van der Waals surface area contributed by atoms with Crippen LogP contribution in [0.2, 0.25) is 5.02 Å². The lowest BCUT2D eigenvalue weighted by Crippen LogP contribution is -2.45. The fourth-order valence-corrected chi connectivity index (χ4v) is 3.33. The van der Waals surface area contributed by atoms with Gasteiger partial charge in [-0.05, 0) is 43.7 Å². The van der Waals surface area contributed by atoms with Crippen LogP contribution >= 0.6 is 11.6 Å². The molecule has 0 aromatic heterocycles. The van der Waals surface area contributed by atoms with Crippen LogP contribution in [0, 0.1) is 10.1 Å². The Morgan fingerprint density at radius 3 is 2.73 bits per heavy atom. The van der Waals surface area contributed by atoms with Crippen LogP contribution in [-0.2, 0) is 4.74 Å². The quantitative estimate of drug-likeness (QED) is 0.450. The number of hydrogen-bond donors (Lipinski definition) is 0. The second-order valence-electron chi connectivity index (χ2n) is 6.40. The maximum Gasteiger partial charge on any atom is 0.293 e. The van der Waals surface area contributed by atoms with Crippen molar-refractivity contribution in [3.05, 3.63) is 68.7 Å². The van der Waals surface area contributed by atoms with E-state index in [2.05, 4.69) is 0 Å². The molecule has 0 aliphatic carbocycles. The summed E-state index contributed by atoms with van der Waals surface area (Å²) in [4.78, 5) is 24.6. The van der Waals surface area contributed by atoms with Gasteiger partial charge in [-0.1, -0.05) is 23.7 Å². The second-order valence-corrected chi connectivity index (χ2v) is 6.83. The zero-order valence-electron chi connectivity index (χ0n) is 14.5. The van der Waals surface area contributed by atoms with Crippen molar-refractivity contribution in [1.82, 2.24) is 0 Å². The summed E-state index contributed by atoms with van der Waals surface area (Å²) in [6.07, 6.45) is -0.239. The third-order valence-corrected chi connectivity index (χ3v) is 4.78. The molecule has 0 saturated carbocycles. The second kappa shape index (κ2) is 7.43. The predicted molar refractivity (Wildman–Crippen MR) is 100 cm³/mol. The van der Waals surface area contributed by atoms with E-state index in [-0.39, 0.29) is 23.6 Å². The van der Waals surface area contributed by atoms with Crippen LogP contribution in [0.15, 0.2) is 42.5 Å². The number of carbonyl (C=O) groups excluding carboxylic acids is 1. The Bertz CT molecular complexity index is 855. The number of nitro benzene ring substituents is 1. The van der Waals surface area contributed by atoms with E-state index in [1.54, 1.807) is 18.2 Å². The Balaban J connectivity index is 1.96. The molecular weight excluding hydrogens is 356 g/mol. The van der Waals surface area contributed by atoms with Crippen LogP contribution < -0.4 is 4.90 Å². The monoisotopic (exact) mass is 374 g/mol. The first-order chi connectivity index (χ1) is 12.4. The van der Waals surface area contributed by atoms with E-state index < -0.39 is 4.92 Å². The van der Waals surface area contributed by atoms with Crippen LogP contribution in [0.3, 0.4) is 0 Å². The molecule has 1 heterocycles. The largest absolute Gasteiger partial charge is 0.370 e. The summed E-state index contributed by atoms with van der Waals surface area (Å²) in [5.74, 6) is -0.202. The minimum Gasteiger partial charge on any atom is -0.370 e.